The molecule has 1 aliphatic heterocycles. The molecule has 2 aromatic carbocycles. The number of benzene rings is 2. The van der Waals surface area contributed by atoms with Gasteiger partial charge < -0.3 is 4.90 Å². The fourth-order valence-electron chi connectivity index (χ4n) is 4.77. The molecular formula is C25H27F2N5. The first-order valence-electron chi connectivity index (χ1n) is 11.0. The number of halogens is 2. The van der Waals surface area contributed by atoms with Crippen molar-refractivity contribution in [3.63, 3.8) is 0 Å². The van der Waals surface area contributed by atoms with Gasteiger partial charge in [0.25, 0.3) is 5.92 Å². The van der Waals surface area contributed by atoms with Gasteiger partial charge in [0.1, 0.15) is 0 Å². The molecule has 1 unspecified atom stereocenters. The van der Waals surface area contributed by atoms with Gasteiger partial charge in [0.05, 0.1) is 36.2 Å². The number of hydrogen-bond donors (Lipinski definition) is 1. The Morgan fingerprint density at radius 3 is 2.88 bits per heavy atom. The molecule has 1 N–H and O–H groups in total. The maximum atomic E-state index is 13.0. The molecular weight excluding hydrogens is 408 g/mol. The van der Waals surface area contributed by atoms with Crippen LogP contribution in [0, 0.1) is 5.92 Å². The molecule has 166 valence electrons. The minimum Gasteiger partial charge on any atom is -0.343 e. The fraction of sp³-hybridized carbons (Fsp3) is 0.360. The number of alkyl halides is 2. The first kappa shape index (κ1) is 20.8. The van der Waals surface area contributed by atoms with Gasteiger partial charge in [0.15, 0.2) is 0 Å². The van der Waals surface area contributed by atoms with Gasteiger partial charge in [-0.25, -0.2) is 8.78 Å². The van der Waals surface area contributed by atoms with Crippen molar-refractivity contribution in [1.29, 1.82) is 0 Å². The summed E-state index contributed by atoms with van der Waals surface area (Å²) in [5.74, 6) is -1.97. The molecule has 5 nitrogen and oxygen atoms in total. The lowest BCUT2D eigenvalue weighted by Gasteiger charge is -2.39. The Hall–Kier alpha value is -3.06. The van der Waals surface area contributed by atoms with Crippen molar-refractivity contribution in [2.75, 3.05) is 31.6 Å². The van der Waals surface area contributed by atoms with E-state index in [1.165, 1.54) is 11.1 Å². The molecule has 32 heavy (non-hydrogen) atoms. The Labute approximate surface area is 186 Å². The van der Waals surface area contributed by atoms with Crippen LogP contribution in [0.5, 0.6) is 0 Å². The van der Waals surface area contributed by atoms with Crippen LogP contribution in [-0.2, 0) is 0 Å². The van der Waals surface area contributed by atoms with E-state index in [4.69, 9.17) is 0 Å². The Kier molecular flexibility index (Phi) is 5.29. The van der Waals surface area contributed by atoms with Gasteiger partial charge in [-0.2, -0.15) is 5.10 Å². The number of likely N-dealkylation sites (tertiary alicyclic amines) is 1. The summed E-state index contributed by atoms with van der Waals surface area (Å²) in [6.45, 7) is 4.33. The van der Waals surface area contributed by atoms with E-state index in [2.05, 4.69) is 57.1 Å². The van der Waals surface area contributed by atoms with Gasteiger partial charge in [0.2, 0.25) is 0 Å². The number of fused-ring (bicyclic) bond motifs is 1. The summed E-state index contributed by atoms with van der Waals surface area (Å²) in [6.07, 6.45) is 7.05. The van der Waals surface area contributed by atoms with E-state index in [9.17, 15) is 8.78 Å². The second-order valence-electron chi connectivity index (χ2n) is 8.95. The highest BCUT2D eigenvalue weighted by Crippen LogP contribution is 2.40. The predicted octanol–water partition coefficient (Wildman–Crippen LogP) is 5.80. The van der Waals surface area contributed by atoms with Crippen LogP contribution < -0.4 is 4.90 Å². The number of aromatic amines is 1. The SMILES string of the molecule is C=Nc1ccc(C2=CCC(CCN3CC(F)(F)C3)C2)cc1N(C)c1ccc2cn[nH]c2c1. The van der Waals surface area contributed by atoms with E-state index < -0.39 is 5.92 Å². The smallest absolute Gasteiger partial charge is 0.272 e. The van der Waals surface area contributed by atoms with Gasteiger partial charge in [0, 0.05) is 18.1 Å². The summed E-state index contributed by atoms with van der Waals surface area (Å²) < 4.78 is 26.1. The molecule has 2 aliphatic rings. The lowest BCUT2D eigenvalue weighted by Crippen LogP contribution is -2.56. The zero-order valence-corrected chi connectivity index (χ0v) is 18.2. The normalized spacial score (nSPS) is 20.2. The largest absolute Gasteiger partial charge is 0.343 e. The van der Waals surface area contributed by atoms with Crippen LogP contribution in [0.4, 0.5) is 25.8 Å². The molecule has 0 saturated carbocycles. The monoisotopic (exact) mass is 435 g/mol. The van der Waals surface area contributed by atoms with Crippen LogP contribution >= 0.6 is 0 Å². The van der Waals surface area contributed by atoms with Gasteiger partial charge in [-0.3, -0.25) is 15.0 Å². The summed E-state index contributed by atoms with van der Waals surface area (Å²) in [7, 11) is 2.03. The van der Waals surface area contributed by atoms with Crippen molar-refractivity contribution in [3.05, 3.63) is 54.2 Å². The molecule has 5 rings (SSSR count). The zero-order chi connectivity index (χ0) is 22.3. The average molecular weight is 436 g/mol. The number of allylic oxidation sites excluding steroid dienone is 2. The van der Waals surface area contributed by atoms with Crippen molar-refractivity contribution in [1.82, 2.24) is 15.1 Å². The first-order chi connectivity index (χ1) is 15.4. The minimum absolute atomic E-state index is 0.0872. The number of aromatic nitrogens is 2. The second kappa shape index (κ2) is 8.13. The second-order valence-corrected chi connectivity index (χ2v) is 8.95. The molecule has 1 aliphatic carbocycles. The molecule has 1 saturated heterocycles. The van der Waals surface area contributed by atoms with Crippen molar-refractivity contribution >= 4 is 40.3 Å². The maximum absolute atomic E-state index is 13.0. The Bertz CT molecular complexity index is 1170. The van der Waals surface area contributed by atoms with Crippen LogP contribution in [0.25, 0.3) is 16.5 Å². The van der Waals surface area contributed by atoms with Gasteiger partial charge in [-0.15, -0.1) is 0 Å². The van der Waals surface area contributed by atoms with E-state index in [1.807, 2.05) is 30.3 Å². The molecule has 0 radical (unpaired) electrons. The lowest BCUT2D eigenvalue weighted by atomic mass is 9.96. The van der Waals surface area contributed by atoms with Crippen LogP contribution in [0.2, 0.25) is 0 Å². The summed E-state index contributed by atoms with van der Waals surface area (Å²) in [5.41, 5.74) is 6.34. The Morgan fingerprint density at radius 1 is 1.25 bits per heavy atom. The van der Waals surface area contributed by atoms with Gasteiger partial charge in [-0.05, 0) is 79.9 Å². The topological polar surface area (TPSA) is 47.5 Å². The van der Waals surface area contributed by atoms with Crippen molar-refractivity contribution in [2.45, 2.75) is 25.2 Å². The Morgan fingerprint density at radius 2 is 2.09 bits per heavy atom. The molecule has 1 atom stereocenters. The standard InChI is InChI=1S/C25H27F2N5/c1-28-22-8-6-19(18-4-3-17(11-18)9-10-32-15-25(26,27)16-32)12-24(22)31(2)21-7-5-20-14-29-30-23(20)13-21/h4-8,12-14,17H,1,3,9-11,15-16H2,2H3,(H,29,30). The molecule has 1 fully saturated rings. The third-order valence-corrected chi connectivity index (χ3v) is 6.66. The average Bonchev–Trinajstić information content (AvgIpc) is 3.44. The van der Waals surface area contributed by atoms with Crippen LogP contribution in [0.3, 0.4) is 0 Å². The summed E-state index contributed by atoms with van der Waals surface area (Å²) in [5, 5.41) is 8.20. The van der Waals surface area contributed by atoms with Crippen LogP contribution in [0.1, 0.15) is 24.8 Å². The van der Waals surface area contributed by atoms with E-state index in [1.54, 1.807) is 0 Å². The van der Waals surface area contributed by atoms with Crippen molar-refractivity contribution in [3.8, 4) is 0 Å². The maximum Gasteiger partial charge on any atom is 0.272 e. The highest BCUT2D eigenvalue weighted by molar-refractivity contribution is 5.86. The number of hydrogen-bond acceptors (Lipinski definition) is 4. The number of anilines is 2. The molecule has 3 aromatic rings. The molecule has 0 amide bonds. The van der Waals surface area contributed by atoms with E-state index in [0.29, 0.717) is 5.92 Å². The summed E-state index contributed by atoms with van der Waals surface area (Å²) in [4.78, 5) is 8.20. The number of aliphatic imine (C=N–C) groups is 1. The minimum atomic E-state index is -2.48. The van der Waals surface area contributed by atoms with E-state index >= 15 is 0 Å². The van der Waals surface area contributed by atoms with Gasteiger partial charge in [-0.1, -0.05) is 12.1 Å². The first-order valence-corrected chi connectivity index (χ1v) is 11.0. The Balaban J connectivity index is 1.30. The van der Waals surface area contributed by atoms with Gasteiger partial charge >= 0.3 is 0 Å². The number of nitrogens with zero attached hydrogens (tertiary/aromatic N) is 4. The van der Waals surface area contributed by atoms with Crippen LogP contribution in [0.15, 0.2) is 53.7 Å². The zero-order valence-electron chi connectivity index (χ0n) is 18.2. The summed E-state index contributed by atoms with van der Waals surface area (Å²) >= 11 is 0. The quantitative estimate of drug-likeness (QED) is 0.477. The number of nitrogens with one attached hydrogen (secondary N) is 1. The van der Waals surface area contributed by atoms with Crippen LogP contribution in [-0.4, -0.2) is 54.4 Å². The lowest BCUT2D eigenvalue weighted by molar-refractivity contribution is -0.131. The number of rotatable bonds is 7. The third-order valence-electron chi connectivity index (χ3n) is 6.66. The van der Waals surface area contributed by atoms with Crippen molar-refractivity contribution in [2.24, 2.45) is 10.9 Å². The predicted molar refractivity (Wildman–Crippen MR) is 127 cm³/mol. The van der Waals surface area contributed by atoms with Crippen molar-refractivity contribution < 1.29 is 8.78 Å². The number of H-pyrrole nitrogens is 1. The molecule has 7 heteroatoms. The highest BCUT2D eigenvalue weighted by atomic mass is 19.3. The van der Waals surface area contributed by atoms with E-state index in [0.717, 1.165) is 53.8 Å². The molecule has 1 aromatic heterocycles. The third kappa shape index (κ3) is 4.05. The molecule has 0 spiro atoms. The molecule has 2 heterocycles. The van der Waals surface area contributed by atoms with E-state index in [-0.39, 0.29) is 13.1 Å². The summed E-state index contributed by atoms with van der Waals surface area (Å²) in [6, 6.07) is 12.5. The highest BCUT2D eigenvalue weighted by Gasteiger charge is 2.43. The molecule has 0 bridgehead atoms. The fourth-order valence-corrected chi connectivity index (χ4v) is 4.77.